The molecule has 1 aliphatic carbocycles. The number of hydrogen-bond donors (Lipinski definition) is 1. The number of piperidine rings is 1. The lowest BCUT2D eigenvalue weighted by atomic mass is 9.73. The number of halogens is 5. The van der Waals surface area contributed by atoms with Gasteiger partial charge in [0.2, 0.25) is 5.91 Å². The number of amides is 1. The van der Waals surface area contributed by atoms with Gasteiger partial charge in [0.05, 0.1) is 20.8 Å². The van der Waals surface area contributed by atoms with Crippen LogP contribution in [0, 0.1) is 34.3 Å². The Morgan fingerprint density at radius 1 is 1.10 bits per heavy atom. The highest BCUT2D eigenvalue weighted by Gasteiger charge is 2.64. The van der Waals surface area contributed by atoms with Crippen molar-refractivity contribution in [3.05, 3.63) is 40.4 Å². The third-order valence-corrected chi connectivity index (χ3v) is 13.1. The monoisotopic (exact) mass is 739 g/mol. The molecule has 2 N–H and O–H groups in total. The van der Waals surface area contributed by atoms with Crippen LogP contribution in [0.1, 0.15) is 50.5 Å². The number of nitrogen functional groups attached to an aromatic ring is 1. The number of rotatable bonds is 6. The number of nitrogens with two attached hydrogens (primary N) is 1. The molecular weight excluding hydrogens is 706 g/mol. The van der Waals surface area contributed by atoms with Crippen LogP contribution in [-0.4, -0.2) is 83.0 Å². The largest absolute Gasteiger partial charge is 0.461 e. The molecule has 1 saturated carbocycles. The number of aromatic nitrogens is 2. The molecule has 4 aromatic rings. The van der Waals surface area contributed by atoms with Crippen LogP contribution in [0.25, 0.3) is 32.1 Å². The van der Waals surface area contributed by atoms with Crippen LogP contribution in [0.4, 0.5) is 28.4 Å². The van der Waals surface area contributed by atoms with Crippen molar-refractivity contribution in [3.8, 4) is 23.2 Å². The van der Waals surface area contributed by atoms with Crippen molar-refractivity contribution in [1.29, 1.82) is 5.26 Å². The highest BCUT2D eigenvalue weighted by atomic mass is 35.5. The van der Waals surface area contributed by atoms with Crippen LogP contribution < -0.4 is 15.4 Å². The molecule has 5 aliphatic rings. The van der Waals surface area contributed by atoms with Gasteiger partial charge in [-0.3, -0.25) is 9.69 Å². The van der Waals surface area contributed by atoms with E-state index in [1.807, 2.05) is 11.0 Å². The van der Waals surface area contributed by atoms with Crippen LogP contribution in [0.2, 0.25) is 5.02 Å². The van der Waals surface area contributed by atoms with E-state index in [4.69, 9.17) is 27.1 Å². The molecule has 5 fully saturated rings. The van der Waals surface area contributed by atoms with Crippen LogP contribution >= 0.6 is 22.9 Å². The molecule has 266 valence electrons. The molecular formula is C36H34ClF4N7O2S. The minimum Gasteiger partial charge on any atom is -0.461 e. The predicted molar refractivity (Wildman–Crippen MR) is 186 cm³/mol. The quantitative estimate of drug-likeness (QED) is 0.211. The van der Waals surface area contributed by atoms with E-state index in [-0.39, 0.29) is 59.3 Å². The fourth-order valence-electron chi connectivity index (χ4n) is 9.15. The van der Waals surface area contributed by atoms with Gasteiger partial charge >= 0.3 is 6.01 Å². The van der Waals surface area contributed by atoms with E-state index >= 15 is 4.39 Å². The molecule has 2 aromatic heterocycles. The lowest BCUT2D eigenvalue weighted by Crippen LogP contribution is -2.64. The Hall–Kier alpha value is -3.93. The zero-order chi connectivity index (χ0) is 35.4. The van der Waals surface area contributed by atoms with Gasteiger partial charge in [-0.15, -0.1) is 11.3 Å². The lowest BCUT2D eigenvalue weighted by Gasteiger charge is -2.55. The lowest BCUT2D eigenvalue weighted by molar-refractivity contribution is -0.147. The summed E-state index contributed by atoms with van der Waals surface area (Å²) >= 11 is 7.80. The number of nitrogens with zero attached hydrogens (tertiary/aromatic N) is 6. The molecule has 1 amide bonds. The Morgan fingerprint density at radius 2 is 1.82 bits per heavy atom. The predicted octanol–water partition coefficient (Wildman–Crippen LogP) is 6.99. The van der Waals surface area contributed by atoms with E-state index < -0.39 is 35.8 Å². The van der Waals surface area contributed by atoms with Gasteiger partial charge in [-0.1, -0.05) is 17.7 Å². The molecule has 0 bridgehead atoms. The third-order valence-electron chi connectivity index (χ3n) is 11.8. The van der Waals surface area contributed by atoms with Gasteiger partial charge in [-0.2, -0.15) is 15.2 Å². The molecule has 9 nitrogen and oxygen atoms in total. The number of anilines is 2. The van der Waals surface area contributed by atoms with Crippen LogP contribution in [0.3, 0.4) is 0 Å². The second kappa shape index (κ2) is 11.5. The van der Waals surface area contributed by atoms with Crippen molar-refractivity contribution >= 4 is 60.7 Å². The van der Waals surface area contributed by atoms with E-state index in [9.17, 15) is 23.2 Å². The first-order valence-electron chi connectivity index (χ1n) is 17.3. The minimum absolute atomic E-state index is 0.0144. The van der Waals surface area contributed by atoms with E-state index in [0.717, 1.165) is 63.0 Å². The van der Waals surface area contributed by atoms with Crippen molar-refractivity contribution < 1.29 is 27.1 Å². The Balaban J connectivity index is 1.13. The Labute approximate surface area is 299 Å². The summed E-state index contributed by atoms with van der Waals surface area (Å²) in [5.41, 5.74) is 5.81. The molecule has 4 aliphatic heterocycles. The average Bonchev–Trinajstić information content (AvgIpc) is 3.40. The summed E-state index contributed by atoms with van der Waals surface area (Å²) in [5, 5.41) is 10.6. The summed E-state index contributed by atoms with van der Waals surface area (Å²) in [4.78, 5) is 28.2. The van der Waals surface area contributed by atoms with E-state index in [2.05, 4.69) is 9.88 Å². The maximum absolute atomic E-state index is 17.1. The number of alkyl halides is 2. The molecule has 1 spiro atoms. The maximum atomic E-state index is 17.1. The van der Waals surface area contributed by atoms with Crippen molar-refractivity contribution in [2.24, 2.45) is 11.3 Å². The Kier molecular flexibility index (Phi) is 7.45. The first kappa shape index (κ1) is 32.9. The van der Waals surface area contributed by atoms with Gasteiger partial charge in [0.25, 0.3) is 5.92 Å². The smallest absolute Gasteiger partial charge is 0.319 e. The summed E-state index contributed by atoms with van der Waals surface area (Å²) in [6.45, 7) is 4.14. The molecule has 4 saturated heterocycles. The number of ether oxygens (including phenoxy) is 1. The first-order valence-corrected chi connectivity index (χ1v) is 18.5. The molecule has 0 radical (unpaired) electrons. The standard InChI is InChI=1S/C36H34ClF4N7O2S/c37-23-12-20-28(27(39)26(23)19-4-5-24(38)29-25(19)21(14-42)30(43)51-29)44-33(50-18-35-7-2-10-48(35)11-3-8-35)45-31(20)46-9-1-6-34(15-46)16-47(17-34)32(49)22-13-36(22,40)41/h4-5,12,22H,1-3,6-11,13,15-18,43H2/t22-/m0/s1. The summed E-state index contributed by atoms with van der Waals surface area (Å²) < 4.78 is 65.9. The Morgan fingerprint density at radius 3 is 2.53 bits per heavy atom. The molecule has 1 atom stereocenters. The molecule has 2 aromatic carbocycles. The number of benzene rings is 2. The van der Waals surface area contributed by atoms with E-state index in [1.165, 1.54) is 17.0 Å². The summed E-state index contributed by atoms with van der Waals surface area (Å²) in [7, 11) is 0. The van der Waals surface area contributed by atoms with Gasteiger partial charge in [-0.25, -0.2) is 17.6 Å². The highest BCUT2D eigenvalue weighted by Crippen LogP contribution is 2.52. The zero-order valence-electron chi connectivity index (χ0n) is 27.6. The number of nitriles is 1. The number of carbonyl (C=O) groups excluding carboxylic acids is 1. The van der Waals surface area contributed by atoms with E-state index in [0.29, 0.717) is 44.0 Å². The van der Waals surface area contributed by atoms with Crippen LogP contribution in [0.15, 0.2) is 18.2 Å². The van der Waals surface area contributed by atoms with Crippen molar-refractivity contribution in [2.45, 2.75) is 56.4 Å². The maximum Gasteiger partial charge on any atom is 0.319 e. The molecule has 51 heavy (non-hydrogen) atoms. The number of likely N-dealkylation sites (tertiary alicyclic amines) is 1. The zero-order valence-corrected chi connectivity index (χ0v) is 29.2. The van der Waals surface area contributed by atoms with Gasteiger partial charge in [0, 0.05) is 54.4 Å². The fourth-order valence-corrected chi connectivity index (χ4v) is 10.4. The van der Waals surface area contributed by atoms with Gasteiger partial charge < -0.3 is 20.3 Å². The molecule has 9 rings (SSSR count). The van der Waals surface area contributed by atoms with Gasteiger partial charge in [0.1, 0.15) is 40.7 Å². The molecule has 0 unspecified atom stereocenters. The summed E-state index contributed by atoms with van der Waals surface area (Å²) in [5.74, 6) is -5.58. The van der Waals surface area contributed by atoms with Crippen molar-refractivity contribution in [3.63, 3.8) is 0 Å². The van der Waals surface area contributed by atoms with Gasteiger partial charge in [0.15, 0.2) is 5.82 Å². The topological polar surface area (TPSA) is 112 Å². The number of carbonyl (C=O) groups is 1. The second-order valence-electron chi connectivity index (χ2n) is 15.0. The third kappa shape index (κ3) is 5.13. The van der Waals surface area contributed by atoms with E-state index in [1.54, 1.807) is 6.07 Å². The second-order valence-corrected chi connectivity index (χ2v) is 16.4. The number of hydrogen-bond acceptors (Lipinski definition) is 9. The fraction of sp³-hybridized carbons (Fsp3) is 0.500. The van der Waals surface area contributed by atoms with Crippen molar-refractivity contribution in [2.75, 3.05) is 56.5 Å². The van der Waals surface area contributed by atoms with Crippen molar-refractivity contribution in [1.82, 2.24) is 19.8 Å². The SMILES string of the molecule is N#Cc1c(N)sc2c(F)ccc(-c3c(Cl)cc4c(N5CCCC6(CN(C(=O)[C@@H]7CC7(F)F)C6)C5)nc(OCC56CCCN5CCC6)nc4c3F)c12. The highest BCUT2D eigenvalue weighted by molar-refractivity contribution is 7.23. The first-order chi connectivity index (χ1) is 24.4. The van der Waals surface area contributed by atoms with Crippen LogP contribution in [-0.2, 0) is 4.79 Å². The minimum atomic E-state index is -2.92. The number of fused-ring (bicyclic) bond motifs is 3. The average molecular weight is 740 g/mol. The summed E-state index contributed by atoms with van der Waals surface area (Å²) in [6.07, 6.45) is 5.28. The normalized spacial score (nSPS) is 23.1. The van der Waals surface area contributed by atoms with Crippen LogP contribution in [0.5, 0.6) is 6.01 Å². The van der Waals surface area contributed by atoms with Gasteiger partial charge in [-0.05, 0) is 69.3 Å². The molecule has 15 heteroatoms. The molecule has 6 heterocycles. The summed E-state index contributed by atoms with van der Waals surface area (Å²) in [6, 6.07) is 6.23. The number of thiophene rings is 1. The Bertz CT molecular complexity index is 2170.